The molecule has 256 valence electrons. The molecule has 6 aromatic rings. The molecule has 0 aliphatic heterocycles. The monoisotopic (exact) mass is 734 g/mol. The standard InChI is InChI=1S/C32H27ClN8O7S2/c1-15-8-18-13-21(49(43,44)45)5-6-22(18)24(10-15)36-32-38-30(33)37-31(39-32)35-20-4-7-23(26(14-20)50(46,47)48)40-41-29-27-19(12-17(3)28(29)34)9-16(2)11-25(27)42/h4-14,42H,34H2,1-3H3,(H,43,44,45)(H,46,47,48)(H2,35,36,37,38,39). The van der Waals surface area contributed by atoms with Crippen LogP contribution < -0.4 is 16.4 Å². The molecule has 0 saturated heterocycles. The van der Waals surface area contributed by atoms with Crippen LogP contribution in [0.15, 0.2) is 86.7 Å². The average Bonchev–Trinajstić information content (AvgIpc) is 3.00. The Morgan fingerprint density at radius 2 is 1.44 bits per heavy atom. The van der Waals surface area contributed by atoms with Gasteiger partial charge in [-0.1, -0.05) is 18.2 Å². The Bertz CT molecular complexity index is 2640. The van der Waals surface area contributed by atoms with E-state index in [1.54, 1.807) is 38.1 Å². The Labute approximate surface area is 290 Å². The van der Waals surface area contributed by atoms with Gasteiger partial charge in [0.05, 0.1) is 16.0 Å². The largest absolute Gasteiger partial charge is 0.507 e. The maximum atomic E-state index is 12.5. The summed E-state index contributed by atoms with van der Waals surface area (Å²) in [5, 5.41) is 26.7. The van der Waals surface area contributed by atoms with Crippen LogP contribution in [0.5, 0.6) is 5.75 Å². The Morgan fingerprint density at radius 1 is 0.760 bits per heavy atom. The normalized spacial score (nSPS) is 12.2. The second-order valence-electron chi connectivity index (χ2n) is 11.4. The fourth-order valence-electron chi connectivity index (χ4n) is 5.36. The lowest BCUT2D eigenvalue weighted by atomic mass is 10.0. The first-order chi connectivity index (χ1) is 23.5. The van der Waals surface area contributed by atoms with Crippen molar-refractivity contribution in [3.05, 3.63) is 88.7 Å². The number of fused-ring (bicyclic) bond motifs is 2. The fraction of sp³-hybridized carbons (Fsp3) is 0.0938. The van der Waals surface area contributed by atoms with Gasteiger partial charge < -0.3 is 21.5 Å². The number of aryl methyl sites for hydroxylation is 3. The molecule has 0 amide bonds. The minimum atomic E-state index is -4.84. The van der Waals surface area contributed by atoms with Gasteiger partial charge in [0.25, 0.3) is 20.2 Å². The molecule has 7 N–H and O–H groups in total. The van der Waals surface area contributed by atoms with Crippen LogP contribution >= 0.6 is 11.6 Å². The Kier molecular flexibility index (Phi) is 8.79. The number of anilines is 5. The summed E-state index contributed by atoms with van der Waals surface area (Å²) >= 11 is 6.19. The van der Waals surface area contributed by atoms with Crippen molar-refractivity contribution in [3.63, 3.8) is 0 Å². The number of halogens is 1. The summed E-state index contributed by atoms with van der Waals surface area (Å²) in [6.45, 7) is 5.37. The lowest BCUT2D eigenvalue weighted by molar-refractivity contribution is 0.480. The van der Waals surface area contributed by atoms with E-state index in [0.29, 0.717) is 32.8 Å². The average molecular weight is 735 g/mol. The number of hydrogen-bond donors (Lipinski definition) is 6. The topological polar surface area (TPSA) is 242 Å². The van der Waals surface area contributed by atoms with Gasteiger partial charge in [-0.2, -0.15) is 31.8 Å². The molecule has 18 heteroatoms. The van der Waals surface area contributed by atoms with Crippen molar-refractivity contribution in [1.29, 1.82) is 0 Å². The summed E-state index contributed by atoms with van der Waals surface area (Å²) in [5.74, 6) is -0.194. The summed E-state index contributed by atoms with van der Waals surface area (Å²) in [4.78, 5) is 11.6. The van der Waals surface area contributed by atoms with Gasteiger partial charge in [-0.15, -0.1) is 10.2 Å². The number of phenolic OH excluding ortho intramolecular Hbond substituents is 1. The lowest BCUT2D eigenvalue weighted by Gasteiger charge is -2.13. The van der Waals surface area contributed by atoms with E-state index in [1.807, 2.05) is 13.0 Å². The number of azo groups is 1. The predicted octanol–water partition coefficient (Wildman–Crippen LogP) is 7.44. The highest BCUT2D eigenvalue weighted by Gasteiger charge is 2.19. The van der Waals surface area contributed by atoms with E-state index in [0.717, 1.165) is 17.2 Å². The molecule has 6 rings (SSSR count). The summed E-state index contributed by atoms with van der Waals surface area (Å²) in [5.41, 5.74) is 9.24. The van der Waals surface area contributed by atoms with Crippen LogP contribution in [0.1, 0.15) is 16.7 Å². The van der Waals surface area contributed by atoms with Crippen LogP contribution in [0, 0.1) is 20.8 Å². The number of nitrogen functional groups attached to an aromatic ring is 1. The Balaban J connectivity index is 1.33. The number of hydrogen-bond acceptors (Lipinski definition) is 13. The number of rotatable bonds is 8. The molecule has 0 radical (unpaired) electrons. The second-order valence-corrected chi connectivity index (χ2v) is 14.5. The van der Waals surface area contributed by atoms with Gasteiger partial charge in [0, 0.05) is 16.8 Å². The minimum absolute atomic E-state index is 0.0138. The molecular weight excluding hydrogens is 708 g/mol. The molecule has 1 heterocycles. The van der Waals surface area contributed by atoms with Crippen LogP contribution in [0.2, 0.25) is 5.28 Å². The van der Waals surface area contributed by atoms with Crippen molar-refractivity contribution >= 4 is 93.7 Å². The molecule has 0 aliphatic carbocycles. The van der Waals surface area contributed by atoms with Gasteiger partial charge in [-0.05, 0) is 108 Å². The number of nitrogens with one attached hydrogen (secondary N) is 2. The molecule has 15 nitrogen and oxygen atoms in total. The van der Waals surface area contributed by atoms with Crippen LogP contribution in [0.4, 0.5) is 40.3 Å². The number of aromatic hydroxyl groups is 1. The maximum Gasteiger partial charge on any atom is 0.296 e. The van der Waals surface area contributed by atoms with E-state index in [4.69, 9.17) is 17.3 Å². The van der Waals surface area contributed by atoms with Gasteiger partial charge in [-0.3, -0.25) is 9.11 Å². The van der Waals surface area contributed by atoms with E-state index < -0.39 is 25.1 Å². The fourth-order valence-corrected chi connectivity index (χ4v) is 6.69. The molecule has 0 aliphatic rings. The Hall–Kier alpha value is -5.46. The molecule has 0 atom stereocenters. The molecule has 0 unspecified atom stereocenters. The number of nitrogens with zero attached hydrogens (tertiary/aromatic N) is 5. The van der Waals surface area contributed by atoms with Crippen molar-refractivity contribution in [2.24, 2.45) is 10.2 Å². The van der Waals surface area contributed by atoms with Crippen LogP contribution in [0.3, 0.4) is 0 Å². The van der Waals surface area contributed by atoms with Crippen LogP contribution in [-0.2, 0) is 20.2 Å². The van der Waals surface area contributed by atoms with E-state index in [-0.39, 0.29) is 50.6 Å². The van der Waals surface area contributed by atoms with Crippen molar-refractivity contribution < 1.29 is 31.0 Å². The first-order valence-electron chi connectivity index (χ1n) is 14.5. The van der Waals surface area contributed by atoms with Gasteiger partial charge in [0.1, 0.15) is 22.0 Å². The molecule has 50 heavy (non-hydrogen) atoms. The highest BCUT2D eigenvalue weighted by Crippen LogP contribution is 2.42. The summed E-state index contributed by atoms with van der Waals surface area (Å²) in [7, 11) is -9.26. The quantitative estimate of drug-likeness (QED) is 0.0506. The van der Waals surface area contributed by atoms with Crippen molar-refractivity contribution in [1.82, 2.24) is 15.0 Å². The number of phenols is 1. The molecule has 0 spiro atoms. The van der Waals surface area contributed by atoms with Gasteiger partial charge in [0.2, 0.25) is 17.2 Å². The summed E-state index contributed by atoms with van der Waals surface area (Å²) in [6, 6.07) is 16.6. The van der Waals surface area contributed by atoms with Crippen LogP contribution in [-0.4, -0.2) is 46.0 Å². The van der Waals surface area contributed by atoms with Gasteiger partial charge in [0.15, 0.2) is 0 Å². The van der Waals surface area contributed by atoms with Gasteiger partial charge >= 0.3 is 0 Å². The third kappa shape index (κ3) is 7.12. The Morgan fingerprint density at radius 3 is 2.14 bits per heavy atom. The van der Waals surface area contributed by atoms with E-state index in [9.17, 15) is 31.0 Å². The van der Waals surface area contributed by atoms with Crippen molar-refractivity contribution in [3.8, 4) is 5.75 Å². The zero-order valence-corrected chi connectivity index (χ0v) is 28.7. The lowest BCUT2D eigenvalue weighted by Crippen LogP contribution is -2.05. The first-order valence-corrected chi connectivity index (χ1v) is 17.8. The first kappa shape index (κ1) is 34.4. The highest BCUT2D eigenvalue weighted by atomic mass is 35.5. The maximum absolute atomic E-state index is 12.5. The van der Waals surface area contributed by atoms with E-state index in [2.05, 4.69) is 35.8 Å². The third-order valence-corrected chi connectivity index (χ3v) is 9.46. The number of benzene rings is 5. The zero-order valence-electron chi connectivity index (χ0n) is 26.3. The SMILES string of the molecule is Cc1cc(Nc2nc(Cl)nc(Nc3ccc(N=Nc4c(N)c(C)cc5cc(C)cc(O)c45)c(S(=O)(=O)O)c3)n2)c2ccc(S(=O)(=O)O)cc2c1. The predicted molar refractivity (Wildman–Crippen MR) is 190 cm³/mol. The molecule has 1 aromatic heterocycles. The number of aromatic nitrogens is 3. The highest BCUT2D eigenvalue weighted by molar-refractivity contribution is 7.86. The molecule has 0 fully saturated rings. The van der Waals surface area contributed by atoms with Gasteiger partial charge in [-0.25, -0.2) is 0 Å². The molecule has 0 saturated carbocycles. The summed E-state index contributed by atoms with van der Waals surface area (Å²) in [6.07, 6.45) is 0. The number of nitrogens with two attached hydrogens (primary N) is 1. The van der Waals surface area contributed by atoms with Crippen LogP contribution in [0.25, 0.3) is 21.5 Å². The smallest absolute Gasteiger partial charge is 0.296 e. The second kappa shape index (κ2) is 12.8. The molecule has 0 bridgehead atoms. The summed E-state index contributed by atoms with van der Waals surface area (Å²) < 4.78 is 67.8. The molecule has 5 aromatic carbocycles. The molecular formula is C32H27ClN8O7S2. The third-order valence-electron chi connectivity index (χ3n) is 7.55. The van der Waals surface area contributed by atoms with E-state index >= 15 is 0 Å². The van der Waals surface area contributed by atoms with Crippen molar-refractivity contribution in [2.75, 3.05) is 16.4 Å². The minimum Gasteiger partial charge on any atom is -0.507 e. The van der Waals surface area contributed by atoms with Crippen molar-refractivity contribution in [2.45, 2.75) is 30.6 Å². The van der Waals surface area contributed by atoms with E-state index in [1.165, 1.54) is 30.3 Å². The zero-order chi connectivity index (χ0) is 36.1.